The van der Waals surface area contributed by atoms with E-state index >= 15 is 0 Å². The van der Waals surface area contributed by atoms with E-state index in [1.165, 1.54) is 0 Å². The Balaban J connectivity index is 2.55. The highest BCUT2D eigenvalue weighted by atomic mass is 32.1. The lowest BCUT2D eigenvalue weighted by molar-refractivity contribution is -0.126. The number of allylic oxidation sites excluding steroid dienone is 1. The molecule has 3 nitrogen and oxygen atoms in total. The molecule has 0 saturated heterocycles. The molecule has 0 aromatic heterocycles. The van der Waals surface area contributed by atoms with Crippen LogP contribution in [0.1, 0.15) is 32.1 Å². The van der Waals surface area contributed by atoms with Gasteiger partial charge in [-0.05, 0) is 12.8 Å². The molecule has 1 amide bonds. The molecule has 1 aliphatic carbocycles. The molecule has 1 N–H and O–H groups in total. The van der Waals surface area contributed by atoms with Gasteiger partial charge >= 0.3 is 0 Å². The highest BCUT2D eigenvalue weighted by molar-refractivity contribution is 7.84. The smallest absolute Gasteiger partial charge is 0.243 e. The van der Waals surface area contributed by atoms with E-state index in [4.69, 9.17) is 6.42 Å². The molecule has 1 atom stereocenters. The van der Waals surface area contributed by atoms with Gasteiger partial charge in [0.15, 0.2) is 0 Å². The van der Waals surface area contributed by atoms with Gasteiger partial charge in [0.05, 0.1) is 11.1 Å². The molecule has 4 heteroatoms. The summed E-state index contributed by atoms with van der Waals surface area (Å²) in [6.45, 7) is 0. The predicted molar refractivity (Wildman–Crippen MR) is 67.6 cm³/mol. The van der Waals surface area contributed by atoms with E-state index in [9.17, 15) is 10.1 Å². The van der Waals surface area contributed by atoms with Crippen LogP contribution in [0.15, 0.2) is 10.6 Å². The molecule has 88 valence electrons. The monoisotopic (exact) mass is 246 g/mol. The number of terminal acetylenes is 1. The lowest BCUT2D eigenvalue weighted by Gasteiger charge is -2.43. The van der Waals surface area contributed by atoms with Crippen LogP contribution in [0.5, 0.6) is 0 Å². The first-order valence-electron chi connectivity index (χ1n) is 5.76. The molecule has 0 aromatic carbocycles. The van der Waals surface area contributed by atoms with Crippen molar-refractivity contribution in [1.82, 2.24) is 5.32 Å². The Morgan fingerprint density at radius 1 is 1.41 bits per heavy atom. The third kappa shape index (κ3) is 1.73. The Kier molecular flexibility index (Phi) is 3.17. The molecule has 1 fully saturated rings. The van der Waals surface area contributed by atoms with Gasteiger partial charge < -0.3 is 5.32 Å². The van der Waals surface area contributed by atoms with Crippen LogP contribution >= 0.6 is 12.6 Å². The van der Waals surface area contributed by atoms with Gasteiger partial charge in [0.25, 0.3) is 0 Å². The fourth-order valence-corrected chi connectivity index (χ4v) is 3.40. The zero-order chi connectivity index (χ0) is 12.5. The molecule has 0 aromatic rings. The number of nitriles is 1. The first kappa shape index (κ1) is 12.1. The highest BCUT2D eigenvalue weighted by Crippen LogP contribution is 2.50. The van der Waals surface area contributed by atoms with Gasteiger partial charge in [0, 0.05) is 11.0 Å². The second-order valence-corrected chi connectivity index (χ2v) is 5.08. The maximum atomic E-state index is 11.9. The minimum absolute atomic E-state index is 0.265. The number of thiol groups is 1. The lowest BCUT2D eigenvalue weighted by atomic mass is 9.61. The molecular weight excluding hydrogens is 232 g/mol. The second-order valence-electron chi connectivity index (χ2n) is 4.64. The molecule has 0 bridgehead atoms. The molecule has 1 unspecified atom stereocenters. The Hall–Kier alpha value is -1.39. The number of carbonyl (C=O) groups excluding carboxylic acids is 1. The van der Waals surface area contributed by atoms with Gasteiger partial charge in [-0.3, -0.25) is 4.79 Å². The molecule has 1 saturated carbocycles. The van der Waals surface area contributed by atoms with Gasteiger partial charge in [-0.15, -0.1) is 19.1 Å². The summed E-state index contributed by atoms with van der Waals surface area (Å²) in [5.74, 6) is 1.69. The van der Waals surface area contributed by atoms with Gasteiger partial charge in [-0.25, -0.2) is 0 Å². The maximum absolute atomic E-state index is 11.9. The molecule has 1 heterocycles. The van der Waals surface area contributed by atoms with Crippen LogP contribution in [0.3, 0.4) is 0 Å². The molecule has 1 aliphatic heterocycles. The summed E-state index contributed by atoms with van der Waals surface area (Å²) in [5.41, 5.74) is 0.230. The third-order valence-electron chi connectivity index (χ3n) is 3.81. The van der Waals surface area contributed by atoms with E-state index in [1.54, 1.807) is 0 Å². The summed E-state index contributed by atoms with van der Waals surface area (Å²) in [7, 11) is 0. The van der Waals surface area contributed by atoms with E-state index in [0.717, 1.165) is 32.1 Å². The van der Waals surface area contributed by atoms with Crippen molar-refractivity contribution in [3.63, 3.8) is 0 Å². The summed E-state index contributed by atoms with van der Waals surface area (Å²) in [5, 5.41) is 12.3. The summed E-state index contributed by atoms with van der Waals surface area (Å²) in [6.07, 6.45) is 10.3. The molecule has 17 heavy (non-hydrogen) atoms. The zero-order valence-corrected chi connectivity index (χ0v) is 10.4. The molecular formula is C13H14N2OS. The zero-order valence-electron chi connectivity index (χ0n) is 9.49. The summed E-state index contributed by atoms with van der Waals surface area (Å²) in [6, 6.07) is 2.12. The van der Waals surface area contributed by atoms with Gasteiger partial charge in [-0.2, -0.15) is 5.26 Å². The van der Waals surface area contributed by atoms with Crippen LogP contribution in [0.2, 0.25) is 0 Å². The summed E-state index contributed by atoms with van der Waals surface area (Å²) in [4.78, 5) is 11.9. The number of carbonyl (C=O) groups is 1. The standard InChI is InChI=1S/C13H14N2OS/c1-2-9-12(17)15-11(16)10(8-14)13(9)6-4-3-5-7-13/h1,10,17H,3-7H2,(H,15,16). The van der Waals surface area contributed by atoms with Crippen molar-refractivity contribution in [2.24, 2.45) is 11.3 Å². The SMILES string of the molecule is C#CC1=C(S)NC(=O)C(C#N)C12CCCCC2. The molecule has 1 spiro atoms. The van der Waals surface area contributed by atoms with E-state index < -0.39 is 11.3 Å². The van der Waals surface area contributed by atoms with Crippen molar-refractivity contribution in [1.29, 1.82) is 5.26 Å². The van der Waals surface area contributed by atoms with Crippen LogP contribution in [0.25, 0.3) is 0 Å². The summed E-state index contributed by atoms with van der Waals surface area (Å²) < 4.78 is 0. The van der Waals surface area contributed by atoms with Crippen LogP contribution in [0.4, 0.5) is 0 Å². The van der Waals surface area contributed by atoms with Crippen molar-refractivity contribution in [2.45, 2.75) is 32.1 Å². The lowest BCUT2D eigenvalue weighted by Crippen LogP contribution is -2.48. The maximum Gasteiger partial charge on any atom is 0.243 e. The van der Waals surface area contributed by atoms with E-state index in [-0.39, 0.29) is 5.91 Å². The molecule has 0 radical (unpaired) electrons. The first-order valence-corrected chi connectivity index (χ1v) is 6.21. The third-order valence-corrected chi connectivity index (χ3v) is 4.15. The van der Waals surface area contributed by atoms with Crippen molar-refractivity contribution < 1.29 is 4.79 Å². The fraction of sp³-hybridized carbons (Fsp3) is 0.538. The second kappa shape index (κ2) is 4.47. The van der Waals surface area contributed by atoms with Crippen molar-refractivity contribution in [2.75, 3.05) is 0 Å². The van der Waals surface area contributed by atoms with Gasteiger partial charge in [0.2, 0.25) is 5.91 Å². The Bertz CT molecular complexity index is 461. The number of hydrogen-bond acceptors (Lipinski definition) is 3. The quantitative estimate of drug-likeness (QED) is 0.507. The topological polar surface area (TPSA) is 52.9 Å². The fourth-order valence-electron chi connectivity index (χ4n) is 3.00. The van der Waals surface area contributed by atoms with Crippen LogP contribution in [-0.4, -0.2) is 5.91 Å². The number of hydrogen-bond donors (Lipinski definition) is 2. The van der Waals surface area contributed by atoms with Crippen LogP contribution < -0.4 is 5.32 Å². The predicted octanol–water partition coefficient (Wildman–Crippen LogP) is 1.98. The van der Waals surface area contributed by atoms with Gasteiger partial charge in [-0.1, -0.05) is 25.2 Å². The minimum atomic E-state index is -0.676. The number of amides is 1. The normalized spacial score (nSPS) is 27.2. The Labute approximate surface area is 107 Å². The van der Waals surface area contributed by atoms with E-state index in [2.05, 4.69) is 29.9 Å². The number of nitrogens with zero attached hydrogens (tertiary/aromatic N) is 1. The molecule has 2 aliphatic rings. The minimum Gasteiger partial charge on any atom is -0.319 e. The number of rotatable bonds is 0. The van der Waals surface area contributed by atoms with Crippen molar-refractivity contribution >= 4 is 18.5 Å². The van der Waals surface area contributed by atoms with Crippen molar-refractivity contribution in [3.8, 4) is 18.4 Å². The van der Waals surface area contributed by atoms with Gasteiger partial charge in [0.1, 0.15) is 5.92 Å². The van der Waals surface area contributed by atoms with E-state index in [1.807, 2.05) is 0 Å². The van der Waals surface area contributed by atoms with Crippen molar-refractivity contribution in [3.05, 3.63) is 10.6 Å². The average Bonchev–Trinajstić information content (AvgIpc) is 2.30. The first-order chi connectivity index (χ1) is 8.15. The van der Waals surface area contributed by atoms with Crippen LogP contribution in [-0.2, 0) is 4.79 Å². The Morgan fingerprint density at radius 3 is 2.59 bits per heavy atom. The Morgan fingerprint density at radius 2 is 2.06 bits per heavy atom. The van der Waals surface area contributed by atoms with E-state index in [0.29, 0.717) is 10.6 Å². The molecule has 2 rings (SSSR count). The number of nitrogens with one attached hydrogen (secondary N) is 1. The average molecular weight is 246 g/mol. The van der Waals surface area contributed by atoms with Crippen LogP contribution in [0, 0.1) is 35.0 Å². The largest absolute Gasteiger partial charge is 0.319 e. The highest BCUT2D eigenvalue weighted by Gasteiger charge is 2.50. The summed E-state index contributed by atoms with van der Waals surface area (Å²) >= 11 is 4.26.